The Labute approximate surface area is 134 Å². The van der Waals surface area contributed by atoms with E-state index in [9.17, 15) is 4.79 Å². The van der Waals surface area contributed by atoms with Gasteiger partial charge in [-0.25, -0.2) is 0 Å². The molecule has 0 aromatic heterocycles. The minimum Gasteiger partial charge on any atom is -0.465 e. The number of carbonyl (C=O) groups excluding carboxylic acids is 1. The second-order valence-corrected chi connectivity index (χ2v) is 8.39. The molecule has 2 saturated carbocycles. The molecule has 0 amide bonds. The average molecular weight is 314 g/mol. The number of hydrogen-bond acceptors (Lipinski definition) is 4. The van der Waals surface area contributed by atoms with E-state index in [2.05, 4.69) is 24.0 Å². The molecule has 0 aromatic rings. The fourth-order valence-corrected chi connectivity index (χ4v) is 4.82. The molecule has 3 atom stereocenters. The zero-order valence-electron chi connectivity index (χ0n) is 13.8. The molecule has 0 bridgehead atoms. The Bertz CT molecular complexity index is 346. The maximum atomic E-state index is 12.3. The van der Waals surface area contributed by atoms with Gasteiger partial charge in [0.1, 0.15) is 5.54 Å². The van der Waals surface area contributed by atoms with Crippen molar-refractivity contribution in [3.05, 3.63) is 0 Å². The Kier molecular flexibility index (Phi) is 6.42. The van der Waals surface area contributed by atoms with Crippen LogP contribution in [0.15, 0.2) is 0 Å². The van der Waals surface area contributed by atoms with Crippen LogP contribution in [0.25, 0.3) is 0 Å². The molecule has 2 aliphatic rings. The van der Waals surface area contributed by atoms with Gasteiger partial charge in [-0.1, -0.05) is 19.8 Å². The zero-order valence-corrected chi connectivity index (χ0v) is 14.6. The van der Waals surface area contributed by atoms with Gasteiger partial charge in [0.2, 0.25) is 0 Å². The van der Waals surface area contributed by atoms with Crippen molar-refractivity contribution in [3.63, 3.8) is 0 Å². The van der Waals surface area contributed by atoms with Gasteiger partial charge in [-0.2, -0.15) is 11.8 Å². The topological polar surface area (TPSA) is 38.3 Å². The molecule has 0 saturated heterocycles. The summed E-state index contributed by atoms with van der Waals surface area (Å²) in [7, 11) is 0. The van der Waals surface area contributed by atoms with E-state index >= 15 is 0 Å². The largest absolute Gasteiger partial charge is 0.465 e. The van der Waals surface area contributed by atoms with Crippen molar-refractivity contribution in [1.82, 2.24) is 5.32 Å². The number of carbonyl (C=O) groups is 1. The molecule has 0 spiro atoms. The van der Waals surface area contributed by atoms with Crippen LogP contribution in [0.1, 0.15) is 65.7 Å². The summed E-state index contributed by atoms with van der Waals surface area (Å²) < 4.78 is 5.28. The van der Waals surface area contributed by atoms with Gasteiger partial charge >= 0.3 is 5.97 Å². The molecule has 4 heteroatoms. The molecule has 0 aromatic carbocycles. The highest BCUT2D eigenvalue weighted by molar-refractivity contribution is 7.99. The van der Waals surface area contributed by atoms with Gasteiger partial charge < -0.3 is 4.74 Å². The lowest BCUT2D eigenvalue weighted by molar-refractivity contribution is -0.150. The summed E-state index contributed by atoms with van der Waals surface area (Å²) in [6.45, 7) is 6.74. The van der Waals surface area contributed by atoms with E-state index in [1.165, 1.54) is 38.5 Å². The fraction of sp³-hybridized carbons (Fsp3) is 0.941. The molecule has 3 unspecified atom stereocenters. The summed E-state index contributed by atoms with van der Waals surface area (Å²) in [6, 6.07) is 0.527. The Hall–Kier alpha value is -0.220. The van der Waals surface area contributed by atoms with Crippen LogP contribution in [0.2, 0.25) is 0 Å². The van der Waals surface area contributed by atoms with E-state index in [1.807, 2.05) is 13.8 Å². The minimum atomic E-state index is -0.496. The third-order valence-corrected chi connectivity index (χ3v) is 6.01. The Balaban J connectivity index is 1.79. The highest BCUT2D eigenvalue weighted by Gasteiger charge is 2.39. The highest BCUT2D eigenvalue weighted by atomic mass is 32.2. The fourth-order valence-electron chi connectivity index (χ4n) is 3.16. The second kappa shape index (κ2) is 7.87. The predicted molar refractivity (Wildman–Crippen MR) is 89.7 cm³/mol. The molecule has 2 fully saturated rings. The molecule has 1 N–H and O–H groups in total. The van der Waals surface area contributed by atoms with Crippen LogP contribution < -0.4 is 5.32 Å². The smallest absolute Gasteiger partial charge is 0.326 e. The first-order valence-electron chi connectivity index (χ1n) is 8.60. The van der Waals surface area contributed by atoms with Crippen molar-refractivity contribution in [2.24, 2.45) is 5.92 Å². The van der Waals surface area contributed by atoms with E-state index < -0.39 is 5.54 Å². The van der Waals surface area contributed by atoms with E-state index in [0.717, 1.165) is 23.3 Å². The van der Waals surface area contributed by atoms with Crippen LogP contribution in [-0.2, 0) is 9.53 Å². The van der Waals surface area contributed by atoms with E-state index in [0.29, 0.717) is 12.6 Å². The number of esters is 1. The monoisotopic (exact) mass is 313 g/mol. The van der Waals surface area contributed by atoms with Gasteiger partial charge in [0.25, 0.3) is 0 Å². The van der Waals surface area contributed by atoms with Crippen molar-refractivity contribution in [2.75, 3.05) is 12.4 Å². The summed E-state index contributed by atoms with van der Waals surface area (Å²) >= 11 is 2.06. The lowest BCUT2D eigenvalue weighted by Crippen LogP contribution is -2.52. The van der Waals surface area contributed by atoms with Gasteiger partial charge in [0, 0.05) is 11.3 Å². The molecule has 2 rings (SSSR count). The van der Waals surface area contributed by atoms with Gasteiger partial charge in [0.05, 0.1) is 6.61 Å². The van der Waals surface area contributed by atoms with Gasteiger partial charge in [-0.15, -0.1) is 0 Å². The normalized spacial score (nSPS) is 28.9. The van der Waals surface area contributed by atoms with Crippen LogP contribution in [0, 0.1) is 5.92 Å². The standard InChI is InChI=1S/C17H31NO2S/c1-4-20-16(19)17(3,18-14-8-9-14)10-11-21-15-7-5-6-13(2)12-15/h13-15,18H,4-12H2,1-3H3. The van der Waals surface area contributed by atoms with Crippen LogP contribution in [0.3, 0.4) is 0 Å². The number of rotatable bonds is 8. The number of nitrogens with one attached hydrogen (secondary N) is 1. The summed E-state index contributed by atoms with van der Waals surface area (Å²) in [4.78, 5) is 12.3. The molecule has 21 heavy (non-hydrogen) atoms. The maximum absolute atomic E-state index is 12.3. The van der Waals surface area contributed by atoms with Gasteiger partial charge in [-0.3, -0.25) is 10.1 Å². The molecular weight excluding hydrogens is 282 g/mol. The second-order valence-electron chi connectivity index (χ2n) is 6.99. The maximum Gasteiger partial charge on any atom is 0.326 e. The van der Waals surface area contributed by atoms with Crippen LogP contribution in [-0.4, -0.2) is 35.2 Å². The first-order chi connectivity index (χ1) is 10.0. The van der Waals surface area contributed by atoms with E-state index in [1.54, 1.807) is 0 Å². The number of hydrogen-bond donors (Lipinski definition) is 1. The average Bonchev–Trinajstić information content (AvgIpc) is 3.23. The quantitative estimate of drug-likeness (QED) is 0.692. The van der Waals surface area contributed by atoms with Crippen molar-refractivity contribution in [1.29, 1.82) is 0 Å². The first-order valence-corrected chi connectivity index (χ1v) is 9.65. The van der Waals surface area contributed by atoms with Crippen molar-refractivity contribution < 1.29 is 9.53 Å². The first kappa shape index (κ1) is 17.1. The molecule has 0 aliphatic heterocycles. The van der Waals surface area contributed by atoms with Crippen LogP contribution in [0.5, 0.6) is 0 Å². The molecule has 3 nitrogen and oxygen atoms in total. The summed E-state index contributed by atoms with van der Waals surface area (Å²) in [5, 5.41) is 4.30. The lowest BCUT2D eigenvalue weighted by Gasteiger charge is -2.30. The number of thioether (sulfide) groups is 1. The summed E-state index contributed by atoms with van der Waals surface area (Å²) in [5.74, 6) is 1.85. The zero-order chi connectivity index (χ0) is 15.3. The van der Waals surface area contributed by atoms with Crippen LogP contribution >= 0.6 is 11.8 Å². The summed E-state index contributed by atoms with van der Waals surface area (Å²) in [6.07, 6.45) is 8.72. The van der Waals surface area contributed by atoms with Gasteiger partial charge in [0.15, 0.2) is 0 Å². The molecular formula is C17H31NO2S. The van der Waals surface area contributed by atoms with Crippen molar-refractivity contribution in [2.45, 2.75) is 82.5 Å². The third kappa shape index (κ3) is 5.48. The van der Waals surface area contributed by atoms with Crippen molar-refractivity contribution >= 4 is 17.7 Å². The highest BCUT2D eigenvalue weighted by Crippen LogP contribution is 2.33. The Morgan fingerprint density at radius 3 is 2.71 bits per heavy atom. The molecule has 0 radical (unpaired) electrons. The molecule has 2 aliphatic carbocycles. The Morgan fingerprint density at radius 2 is 2.10 bits per heavy atom. The SMILES string of the molecule is CCOC(=O)C(C)(CCSC1CCCC(C)C1)NC1CC1. The van der Waals surface area contributed by atoms with Crippen LogP contribution in [0.4, 0.5) is 0 Å². The molecule has 122 valence electrons. The van der Waals surface area contributed by atoms with E-state index in [-0.39, 0.29) is 5.97 Å². The third-order valence-electron chi connectivity index (χ3n) is 4.67. The van der Waals surface area contributed by atoms with Gasteiger partial charge in [-0.05, 0) is 57.6 Å². The minimum absolute atomic E-state index is 0.0745. The molecule has 0 heterocycles. The van der Waals surface area contributed by atoms with Crippen molar-refractivity contribution in [3.8, 4) is 0 Å². The van der Waals surface area contributed by atoms with E-state index in [4.69, 9.17) is 4.74 Å². The Morgan fingerprint density at radius 1 is 1.33 bits per heavy atom. The predicted octanol–water partition coefficient (Wildman–Crippen LogP) is 3.76. The lowest BCUT2D eigenvalue weighted by atomic mass is 9.91. The summed E-state index contributed by atoms with van der Waals surface area (Å²) in [5.41, 5.74) is -0.496. The number of ether oxygens (including phenoxy) is 1.